The number of allylic oxidation sites excluding steroid dienone is 1. The molecule has 0 radical (unpaired) electrons. The lowest BCUT2D eigenvalue weighted by Gasteiger charge is -2.30. The number of amides is 1. The quantitative estimate of drug-likeness (QED) is 0.378. The van der Waals surface area contributed by atoms with E-state index in [1.807, 2.05) is 6.08 Å². The van der Waals surface area contributed by atoms with Gasteiger partial charge in [-0.25, -0.2) is 13.8 Å². The van der Waals surface area contributed by atoms with Crippen LogP contribution in [0.3, 0.4) is 0 Å². The van der Waals surface area contributed by atoms with E-state index in [2.05, 4.69) is 0 Å². The van der Waals surface area contributed by atoms with Crippen LogP contribution in [0.1, 0.15) is 46.8 Å². The average Bonchev–Trinajstić information content (AvgIpc) is 3.34. The number of carbonyl (C=O) groups is 1. The van der Waals surface area contributed by atoms with Gasteiger partial charge in [0.1, 0.15) is 11.6 Å². The van der Waals surface area contributed by atoms with Gasteiger partial charge in [0.05, 0.1) is 33.1 Å². The SMILES string of the molecule is COc1cc(C(=O)N2N=C3C(=Cc4ccc(F)cc4)CCCC3C2c2ccc(F)cc2)cc(OC)c1OC. The summed E-state index contributed by atoms with van der Waals surface area (Å²) in [5.41, 5.74) is 3.78. The van der Waals surface area contributed by atoms with Gasteiger partial charge in [-0.15, -0.1) is 0 Å². The zero-order valence-corrected chi connectivity index (χ0v) is 21.4. The predicted molar refractivity (Wildman–Crippen MR) is 141 cm³/mol. The molecule has 0 saturated heterocycles. The first-order valence-electron chi connectivity index (χ1n) is 12.4. The first kappa shape index (κ1) is 25.4. The molecule has 2 atom stereocenters. The molecule has 5 rings (SSSR count). The van der Waals surface area contributed by atoms with E-state index in [1.165, 1.54) is 50.6 Å². The van der Waals surface area contributed by atoms with Gasteiger partial charge >= 0.3 is 0 Å². The van der Waals surface area contributed by atoms with Crippen LogP contribution in [0.2, 0.25) is 0 Å². The Kier molecular flexibility index (Phi) is 7.13. The second-order valence-corrected chi connectivity index (χ2v) is 9.27. The number of fused-ring (bicyclic) bond motifs is 1. The Bertz CT molecular complexity index is 1380. The van der Waals surface area contributed by atoms with Gasteiger partial charge in [0.2, 0.25) is 5.75 Å². The molecule has 2 aliphatic rings. The van der Waals surface area contributed by atoms with Crippen LogP contribution in [0.25, 0.3) is 6.08 Å². The molecular formula is C30H28F2N2O4. The van der Waals surface area contributed by atoms with E-state index in [9.17, 15) is 13.6 Å². The number of nitrogens with zero attached hydrogens (tertiary/aromatic N) is 2. The lowest BCUT2D eigenvalue weighted by Crippen LogP contribution is -2.32. The fourth-order valence-corrected chi connectivity index (χ4v) is 5.26. The molecular weight excluding hydrogens is 490 g/mol. The summed E-state index contributed by atoms with van der Waals surface area (Å²) in [6, 6.07) is 15.3. The fraction of sp³-hybridized carbons (Fsp3) is 0.267. The number of ether oxygens (including phenoxy) is 3. The lowest BCUT2D eigenvalue weighted by molar-refractivity contribution is 0.0680. The van der Waals surface area contributed by atoms with Crippen molar-refractivity contribution in [3.05, 3.63) is 94.6 Å². The Balaban J connectivity index is 1.60. The van der Waals surface area contributed by atoms with Crippen LogP contribution in [-0.2, 0) is 0 Å². The summed E-state index contributed by atoms with van der Waals surface area (Å²) in [6.07, 6.45) is 4.51. The summed E-state index contributed by atoms with van der Waals surface area (Å²) in [5.74, 6) is 0.0201. The molecule has 8 heteroatoms. The van der Waals surface area contributed by atoms with E-state index in [0.717, 1.165) is 41.7 Å². The summed E-state index contributed by atoms with van der Waals surface area (Å²) in [7, 11) is 4.48. The second-order valence-electron chi connectivity index (χ2n) is 9.27. The Morgan fingerprint density at radius 3 is 2.11 bits per heavy atom. The van der Waals surface area contributed by atoms with Crippen molar-refractivity contribution in [1.29, 1.82) is 0 Å². The van der Waals surface area contributed by atoms with Crippen LogP contribution in [0.4, 0.5) is 8.78 Å². The first-order valence-corrected chi connectivity index (χ1v) is 12.4. The average molecular weight is 519 g/mol. The number of halogens is 2. The molecule has 0 aromatic heterocycles. The number of carbonyl (C=O) groups excluding carboxylic acids is 1. The summed E-state index contributed by atoms with van der Waals surface area (Å²) >= 11 is 0. The number of hydrazone groups is 1. The molecule has 1 aliphatic carbocycles. The minimum absolute atomic E-state index is 0.0769. The summed E-state index contributed by atoms with van der Waals surface area (Å²) in [6.45, 7) is 0. The predicted octanol–water partition coefficient (Wildman–Crippen LogP) is 6.43. The van der Waals surface area contributed by atoms with Crippen molar-refractivity contribution in [2.24, 2.45) is 11.0 Å². The highest BCUT2D eigenvalue weighted by atomic mass is 19.1. The minimum Gasteiger partial charge on any atom is -0.493 e. The molecule has 0 N–H and O–H groups in total. The van der Waals surface area contributed by atoms with Crippen LogP contribution < -0.4 is 14.2 Å². The third-order valence-electron chi connectivity index (χ3n) is 7.04. The van der Waals surface area contributed by atoms with Gasteiger partial charge in [0.25, 0.3) is 5.91 Å². The molecule has 1 heterocycles. The molecule has 0 spiro atoms. The maximum atomic E-state index is 14.0. The van der Waals surface area contributed by atoms with E-state index in [1.54, 1.807) is 36.4 Å². The number of hydrogen-bond donors (Lipinski definition) is 0. The maximum absolute atomic E-state index is 14.0. The van der Waals surface area contributed by atoms with Gasteiger partial charge in [0, 0.05) is 11.5 Å². The molecule has 1 aliphatic heterocycles. The molecule has 6 nitrogen and oxygen atoms in total. The van der Waals surface area contributed by atoms with Gasteiger partial charge in [-0.1, -0.05) is 24.3 Å². The summed E-state index contributed by atoms with van der Waals surface area (Å²) in [4.78, 5) is 14.0. The molecule has 0 bridgehead atoms. The van der Waals surface area contributed by atoms with Crippen LogP contribution in [-0.4, -0.2) is 38.0 Å². The van der Waals surface area contributed by atoms with Gasteiger partial charge in [-0.05, 0) is 78.4 Å². The molecule has 1 fully saturated rings. The number of rotatable bonds is 6. The Morgan fingerprint density at radius 1 is 0.921 bits per heavy atom. The minimum atomic E-state index is -0.422. The Hall–Kier alpha value is -4.20. The summed E-state index contributed by atoms with van der Waals surface area (Å²) in [5, 5.41) is 6.35. The topological polar surface area (TPSA) is 60.4 Å². The smallest absolute Gasteiger partial charge is 0.274 e. The number of methoxy groups -OCH3 is 3. The molecule has 3 aromatic carbocycles. The monoisotopic (exact) mass is 518 g/mol. The van der Waals surface area contributed by atoms with E-state index in [0.29, 0.717) is 22.8 Å². The van der Waals surface area contributed by atoms with Crippen molar-refractivity contribution in [3.63, 3.8) is 0 Å². The molecule has 1 amide bonds. The summed E-state index contributed by atoms with van der Waals surface area (Å²) < 4.78 is 43.6. The molecule has 38 heavy (non-hydrogen) atoms. The highest BCUT2D eigenvalue weighted by Crippen LogP contribution is 2.46. The maximum Gasteiger partial charge on any atom is 0.274 e. The lowest BCUT2D eigenvalue weighted by atomic mass is 9.77. The van der Waals surface area contributed by atoms with Gasteiger partial charge in [0.15, 0.2) is 11.5 Å². The van der Waals surface area contributed by atoms with E-state index in [-0.39, 0.29) is 23.5 Å². The molecule has 196 valence electrons. The van der Waals surface area contributed by atoms with Crippen molar-refractivity contribution in [2.45, 2.75) is 25.3 Å². The van der Waals surface area contributed by atoms with Crippen LogP contribution >= 0.6 is 0 Å². The van der Waals surface area contributed by atoms with Crippen molar-refractivity contribution in [3.8, 4) is 17.2 Å². The second kappa shape index (κ2) is 10.7. The van der Waals surface area contributed by atoms with Crippen molar-refractivity contribution < 1.29 is 27.8 Å². The molecule has 2 unspecified atom stereocenters. The number of hydrogen-bond acceptors (Lipinski definition) is 5. The Morgan fingerprint density at radius 2 is 1.53 bits per heavy atom. The van der Waals surface area contributed by atoms with Gasteiger partial charge in [-0.3, -0.25) is 4.79 Å². The van der Waals surface area contributed by atoms with Crippen LogP contribution in [0.15, 0.2) is 71.3 Å². The third kappa shape index (κ3) is 4.74. The van der Waals surface area contributed by atoms with Gasteiger partial charge in [-0.2, -0.15) is 5.10 Å². The van der Waals surface area contributed by atoms with Crippen molar-refractivity contribution in [1.82, 2.24) is 5.01 Å². The fourth-order valence-electron chi connectivity index (χ4n) is 5.26. The van der Waals surface area contributed by atoms with Crippen LogP contribution in [0, 0.1) is 17.6 Å². The standard InChI is InChI=1S/C30H28F2N2O4/c1-36-25-16-21(17-26(37-2)29(25)38-3)30(35)34-28(19-9-13-23(32)14-10-19)24-6-4-5-20(27(24)33-34)15-18-7-11-22(31)12-8-18/h7-17,24,28H,4-6H2,1-3H3. The normalized spacial score (nSPS) is 19.7. The van der Waals surface area contributed by atoms with Crippen LogP contribution in [0.5, 0.6) is 17.2 Å². The van der Waals surface area contributed by atoms with Gasteiger partial charge < -0.3 is 14.2 Å². The van der Waals surface area contributed by atoms with Crippen molar-refractivity contribution in [2.75, 3.05) is 21.3 Å². The Labute approximate surface area is 220 Å². The highest BCUT2D eigenvalue weighted by molar-refractivity contribution is 6.09. The van der Waals surface area contributed by atoms with E-state index in [4.69, 9.17) is 19.3 Å². The van der Waals surface area contributed by atoms with E-state index < -0.39 is 6.04 Å². The van der Waals surface area contributed by atoms with Crippen molar-refractivity contribution >= 4 is 17.7 Å². The largest absolute Gasteiger partial charge is 0.493 e. The molecule has 1 saturated carbocycles. The van der Waals surface area contributed by atoms with E-state index >= 15 is 0 Å². The first-order chi connectivity index (χ1) is 18.4. The zero-order valence-electron chi connectivity index (χ0n) is 21.4. The zero-order chi connectivity index (χ0) is 26.8. The highest BCUT2D eigenvalue weighted by Gasteiger charge is 2.44. The molecule has 3 aromatic rings. The third-order valence-corrected chi connectivity index (χ3v) is 7.04. The number of benzene rings is 3.